The summed E-state index contributed by atoms with van der Waals surface area (Å²) in [6.45, 7) is 5.44. The van der Waals surface area contributed by atoms with Crippen LogP contribution in [0.5, 0.6) is 5.75 Å². The highest BCUT2D eigenvalue weighted by Gasteiger charge is 2.36. The largest absolute Gasteiger partial charge is 0.477 e. The normalized spacial score (nSPS) is 15.1. The Morgan fingerprint density at radius 1 is 1.03 bits per heavy atom. The number of rotatable bonds is 9. The molecule has 1 aliphatic heterocycles. The fourth-order valence-corrected chi connectivity index (χ4v) is 6.13. The van der Waals surface area contributed by atoms with Crippen molar-refractivity contribution in [2.24, 2.45) is 0 Å². The number of likely N-dealkylation sites (N-methyl/N-ethyl adjacent to an activating group) is 1. The average Bonchev–Trinajstić information content (AvgIpc) is 2.92. The molecule has 0 spiro atoms. The molecular formula is C29H33N3O5S. The molecule has 0 saturated heterocycles. The summed E-state index contributed by atoms with van der Waals surface area (Å²) in [5.74, 6) is -0.363. The summed E-state index contributed by atoms with van der Waals surface area (Å²) in [4.78, 5) is 28.2. The number of carbonyl (C=O) groups is 2. The van der Waals surface area contributed by atoms with Crippen molar-refractivity contribution in [3.8, 4) is 5.75 Å². The van der Waals surface area contributed by atoms with E-state index in [1.165, 1.54) is 9.21 Å². The van der Waals surface area contributed by atoms with E-state index in [0.717, 1.165) is 11.1 Å². The van der Waals surface area contributed by atoms with E-state index < -0.39 is 22.0 Å². The molecule has 0 unspecified atom stereocenters. The Bertz CT molecular complexity index is 1410. The van der Waals surface area contributed by atoms with Crippen molar-refractivity contribution in [1.29, 1.82) is 0 Å². The van der Waals surface area contributed by atoms with Gasteiger partial charge in [0.05, 0.1) is 23.7 Å². The molecule has 2 amide bonds. The van der Waals surface area contributed by atoms with E-state index in [1.54, 1.807) is 50.2 Å². The second kappa shape index (κ2) is 11.8. The minimum Gasteiger partial charge on any atom is -0.477 e. The third-order valence-corrected chi connectivity index (χ3v) is 8.61. The summed E-state index contributed by atoms with van der Waals surface area (Å²) < 4.78 is 34.1. The van der Waals surface area contributed by atoms with Crippen LogP contribution in [0.15, 0.2) is 77.7 Å². The van der Waals surface area contributed by atoms with E-state index in [-0.39, 0.29) is 30.4 Å². The number of amides is 2. The highest BCUT2D eigenvalue weighted by molar-refractivity contribution is 7.89. The zero-order valence-corrected chi connectivity index (χ0v) is 22.7. The smallest absolute Gasteiger partial charge is 0.262 e. The zero-order chi connectivity index (χ0) is 27.3. The number of ether oxygens (including phenoxy) is 1. The molecule has 0 saturated carbocycles. The Balaban J connectivity index is 1.50. The van der Waals surface area contributed by atoms with Gasteiger partial charge in [0.25, 0.3) is 5.91 Å². The van der Waals surface area contributed by atoms with Gasteiger partial charge in [-0.1, -0.05) is 61.5 Å². The lowest BCUT2D eigenvalue weighted by Crippen LogP contribution is -2.53. The molecule has 0 bridgehead atoms. The number of carbonyl (C=O) groups excluding carboxylic acids is 2. The third-order valence-electron chi connectivity index (χ3n) is 6.55. The van der Waals surface area contributed by atoms with Gasteiger partial charge in [-0.25, -0.2) is 8.42 Å². The molecule has 1 heterocycles. The maximum atomic E-state index is 13.6. The van der Waals surface area contributed by atoms with Gasteiger partial charge in [-0.2, -0.15) is 4.31 Å². The molecule has 200 valence electrons. The lowest BCUT2D eigenvalue weighted by atomic mass is 10.1. The van der Waals surface area contributed by atoms with Crippen molar-refractivity contribution < 1.29 is 22.7 Å². The van der Waals surface area contributed by atoms with Crippen LogP contribution >= 0.6 is 0 Å². The molecule has 0 fully saturated rings. The average molecular weight is 536 g/mol. The highest BCUT2D eigenvalue weighted by Crippen LogP contribution is 2.33. The van der Waals surface area contributed by atoms with E-state index in [2.05, 4.69) is 5.32 Å². The number of para-hydroxylation sites is 2. The summed E-state index contributed by atoms with van der Waals surface area (Å²) in [5, 5.41) is 2.89. The van der Waals surface area contributed by atoms with Crippen molar-refractivity contribution >= 4 is 27.5 Å². The quantitative estimate of drug-likeness (QED) is 0.453. The number of hydrogen-bond donors (Lipinski definition) is 1. The summed E-state index contributed by atoms with van der Waals surface area (Å²) in [6, 6.07) is 22.0. The fourth-order valence-electron chi connectivity index (χ4n) is 4.42. The molecular weight excluding hydrogens is 502 g/mol. The second-order valence-corrected chi connectivity index (χ2v) is 11.2. The molecule has 1 aliphatic rings. The molecule has 1 atom stereocenters. The van der Waals surface area contributed by atoms with E-state index in [4.69, 9.17) is 4.74 Å². The fraction of sp³-hybridized carbons (Fsp3) is 0.310. The first-order valence-electron chi connectivity index (χ1n) is 12.7. The number of nitrogens with one attached hydrogen (secondary N) is 1. The maximum Gasteiger partial charge on any atom is 0.262 e. The first-order chi connectivity index (χ1) is 18.2. The van der Waals surface area contributed by atoms with Crippen LogP contribution in [-0.4, -0.2) is 56.8 Å². The molecule has 0 aliphatic carbocycles. The Morgan fingerprint density at radius 3 is 2.47 bits per heavy atom. The lowest BCUT2D eigenvalue weighted by molar-refractivity contribution is -0.128. The molecule has 0 aromatic heterocycles. The van der Waals surface area contributed by atoms with E-state index >= 15 is 0 Å². The monoisotopic (exact) mass is 535 g/mol. The number of nitrogens with zero attached hydrogens (tertiary/aromatic N) is 2. The molecule has 4 rings (SSSR count). The summed E-state index contributed by atoms with van der Waals surface area (Å²) >= 11 is 0. The number of anilines is 1. The molecule has 8 nitrogen and oxygen atoms in total. The van der Waals surface area contributed by atoms with Gasteiger partial charge < -0.3 is 15.0 Å². The predicted octanol–water partition coefficient (Wildman–Crippen LogP) is 3.47. The van der Waals surface area contributed by atoms with E-state index in [9.17, 15) is 18.0 Å². The first-order valence-corrected chi connectivity index (χ1v) is 14.1. The van der Waals surface area contributed by atoms with Crippen LogP contribution in [0.4, 0.5) is 5.69 Å². The number of benzene rings is 3. The maximum absolute atomic E-state index is 13.6. The molecule has 0 radical (unpaired) electrons. The van der Waals surface area contributed by atoms with Gasteiger partial charge in [-0.15, -0.1) is 0 Å². The SMILES string of the molecule is CCN(CC(=O)N1C[C@@H](C(=O)NCCc2ccccc2)Oc2ccccc21)S(=O)(=O)c1cc(C)ccc1C. The van der Waals surface area contributed by atoms with Crippen LogP contribution in [0, 0.1) is 13.8 Å². The van der Waals surface area contributed by atoms with Gasteiger partial charge in [-0.05, 0) is 55.2 Å². The lowest BCUT2D eigenvalue weighted by Gasteiger charge is -2.35. The Kier molecular flexibility index (Phi) is 8.48. The molecule has 1 N–H and O–H groups in total. The van der Waals surface area contributed by atoms with Crippen molar-refractivity contribution in [3.63, 3.8) is 0 Å². The first kappa shape index (κ1) is 27.3. The summed E-state index contributed by atoms with van der Waals surface area (Å²) in [7, 11) is -3.91. The minimum atomic E-state index is -3.91. The second-order valence-electron chi connectivity index (χ2n) is 9.31. The molecule has 38 heavy (non-hydrogen) atoms. The third kappa shape index (κ3) is 6.06. The van der Waals surface area contributed by atoms with Crippen molar-refractivity contribution in [1.82, 2.24) is 9.62 Å². The Labute approximate surface area is 224 Å². The van der Waals surface area contributed by atoms with Crippen LogP contribution in [0.2, 0.25) is 0 Å². The highest BCUT2D eigenvalue weighted by atomic mass is 32.2. The number of aryl methyl sites for hydroxylation is 2. The van der Waals surface area contributed by atoms with Crippen LogP contribution in [0.25, 0.3) is 0 Å². The van der Waals surface area contributed by atoms with Crippen LogP contribution in [-0.2, 0) is 26.0 Å². The van der Waals surface area contributed by atoms with Crippen LogP contribution in [0.1, 0.15) is 23.6 Å². The standard InChI is InChI=1S/C29H33N3O5S/c1-4-31(38(35,36)27-18-21(2)14-15-22(27)3)20-28(33)32-19-26(37-25-13-9-8-12-24(25)32)29(34)30-17-16-23-10-6-5-7-11-23/h5-15,18,26H,4,16-17,19-20H2,1-3H3,(H,30,34)/t26-/m0/s1. The number of fused-ring (bicyclic) bond motifs is 1. The van der Waals surface area contributed by atoms with Crippen molar-refractivity contribution in [2.45, 2.75) is 38.2 Å². The summed E-state index contributed by atoms with van der Waals surface area (Å²) in [5.41, 5.74) is 3.04. The van der Waals surface area contributed by atoms with Gasteiger partial charge >= 0.3 is 0 Å². The molecule has 3 aromatic carbocycles. The van der Waals surface area contributed by atoms with E-state index in [1.807, 2.05) is 43.3 Å². The molecule has 9 heteroatoms. The topological polar surface area (TPSA) is 96.0 Å². The molecule has 3 aromatic rings. The van der Waals surface area contributed by atoms with Gasteiger partial charge in [0.2, 0.25) is 15.9 Å². The van der Waals surface area contributed by atoms with Crippen molar-refractivity contribution in [2.75, 3.05) is 31.1 Å². The summed E-state index contributed by atoms with van der Waals surface area (Å²) in [6.07, 6.45) is -0.254. The predicted molar refractivity (Wildman–Crippen MR) is 147 cm³/mol. The van der Waals surface area contributed by atoms with Gasteiger partial charge in [0.15, 0.2) is 6.10 Å². The zero-order valence-electron chi connectivity index (χ0n) is 21.9. The van der Waals surface area contributed by atoms with Gasteiger partial charge in [0, 0.05) is 13.1 Å². The Morgan fingerprint density at radius 2 is 1.74 bits per heavy atom. The van der Waals surface area contributed by atoms with Crippen LogP contribution in [0.3, 0.4) is 0 Å². The number of sulfonamides is 1. The Hall–Kier alpha value is -3.69. The van der Waals surface area contributed by atoms with E-state index in [0.29, 0.717) is 30.0 Å². The van der Waals surface area contributed by atoms with Crippen molar-refractivity contribution in [3.05, 3.63) is 89.5 Å². The van der Waals surface area contributed by atoms with Crippen LogP contribution < -0.4 is 15.0 Å². The van der Waals surface area contributed by atoms with Gasteiger partial charge in [0.1, 0.15) is 5.75 Å². The minimum absolute atomic E-state index is 0.0198. The van der Waals surface area contributed by atoms with Gasteiger partial charge in [-0.3, -0.25) is 9.59 Å². The number of hydrogen-bond acceptors (Lipinski definition) is 5.